The molecule has 0 spiro atoms. The minimum absolute atomic E-state index is 0.116. The van der Waals surface area contributed by atoms with Crippen LogP contribution in [0.3, 0.4) is 0 Å². The van der Waals surface area contributed by atoms with Gasteiger partial charge in [0.2, 0.25) is 0 Å². The van der Waals surface area contributed by atoms with E-state index in [1.807, 2.05) is 25.1 Å². The molecule has 4 nitrogen and oxygen atoms in total. The van der Waals surface area contributed by atoms with Crippen molar-refractivity contribution in [3.05, 3.63) is 23.8 Å². The first-order chi connectivity index (χ1) is 9.19. The van der Waals surface area contributed by atoms with Crippen molar-refractivity contribution in [2.24, 2.45) is 5.73 Å². The lowest BCUT2D eigenvalue weighted by molar-refractivity contribution is 0.0251. The molecule has 0 saturated carbocycles. The van der Waals surface area contributed by atoms with E-state index in [9.17, 15) is 0 Å². The molecule has 1 aliphatic heterocycles. The van der Waals surface area contributed by atoms with E-state index in [1.54, 1.807) is 7.11 Å². The second kappa shape index (κ2) is 6.78. The van der Waals surface area contributed by atoms with E-state index in [4.69, 9.17) is 19.9 Å². The van der Waals surface area contributed by atoms with Gasteiger partial charge in [0, 0.05) is 24.9 Å². The lowest BCUT2D eigenvalue weighted by Crippen LogP contribution is -2.26. The zero-order chi connectivity index (χ0) is 13.7. The Labute approximate surface area is 114 Å². The van der Waals surface area contributed by atoms with E-state index >= 15 is 0 Å². The fourth-order valence-electron chi connectivity index (χ4n) is 2.26. The molecule has 4 heteroatoms. The van der Waals surface area contributed by atoms with Gasteiger partial charge < -0.3 is 19.9 Å². The standard InChI is InChI=1S/C15H23NO3/c1-11(16)9-12-3-4-14(17-2)10-15(12)19-13-5-7-18-8-6-13/h3-4,10-11,13H,5-9,16H2,1-2H3. The molecule has 1 aromatic rings. The molecule has 1 heterocycles. The lowest BCUT2D eigenvalue weighted by atomic mass is 10.1. The van der Waals surface area contributed by atoms with E-state index in [0.29, 0.717) is 0 Å². The van der Waals surface area contributed by atoms with Crippen LogP contribution >= 0.6 is 0 Å². The van der Waals surface area contributed by atoms with Crippen molar-refractivity contribution in [2.75, 3.05) is 20.3 Å². The SMILES string of the molecule is COc1ccc(CC(C)N)c(OC2CCOCC2)c1. The third-order valence-electron chi connectivity index (χ3n) is 3.28. The van der Waals surface area contributed by atoms with Crippen LogP contribution in [0.4, 0.5) is 0 Å². The minimum atomic E-state index is 0.116. The Morgan fingerprint density at radius 3 is 2.74 bits per heavy atom. The molecule has 0 radical (unpaired) electrons. The predicted molar refractivity (Wildman–Crippen MR) is 74.8 cm³/mol. The van der Waals surface area contributed by atoms with Gasteiger partial charge >= 0.3 is 0 Å². The zero-order valence-corrected chi connectivity index (χ0v) is 11.7. The molecule has 0 aliphatic carbocycles. The highest BCUT2D eigenvalue weighted by molar-refractivity contribution is 5.41. The summed E-state index contributed by atoms with van der Waals surface area (Å²) in [6, 6.07) is 6.06. The summed E-state index contributed by atoms with van der Waals surface area (Å²) in [7, 11) is 1.67. The van der Waals surface area contributed by atoms with Crippen molar-refractivity contribution < 1.29 is 14.2 Å². The van der Waals surface area contributed by atoms with Gasteiger partial charge in [0.05, 0.1) is 20.3 Å². The zero-order valence-electron chi connectivity index (χ0n) is 11.7. The molecule has 2 rings (SSSR count). The van der Waals surface area contributed by atoms with Gasteiger partial charge in [-0.2, -0.15) is 0 Å². The van der Waals surface area contributed by atoms with Gasteiger partial charge in [-0.05, 0) is 25.0 Å². The van der Waals surface area contributed by atoms with Crippen LogP contribution in [-0.4, -0.2) is 32.5 Å². The molecular weight excluding hydrogens is 242 g/mol. The molecule has 1 unspecified atom stereocenters. The Balaban J connectivity index is 2.13. The first-order valence-electron chi connectivity index (χ1n) is 6.86. The number of hydrogen-bond donors (Lipinski definition) is 1. The van der Waals surface area contributed by atoms with Crippen LogP contribution in [0.1, 0.15) is 25.3 Å². The largest absolute Gasteiger partial charge is 0.497 e. The summed E-state index contributed by atoms with van der Waals surface area (Å²) in [6.07, 6.45) is 2.92. The molecule has 1 saturated heterocycles. The molecule has 106 valence electrons. The van der Waals surface area contributed by atoms with Crippen LogP contribution in [0.2, 0.25) is 0 Å². The van der Waals surface area contributed by atoms with E-state index in [0.717, 1.165) is 49.5 Å². The van der Waals surface area contributed by atoms with Crippen molar-refractivity contribution in [3.8, 4) is 11.5 Å². The monoisotopic (exact) mass is 265 g/mol. The van der Waals surface area contributed by atoms with Gasteiger partial charge in [0.1, 0.15) is 17.6 Å². The predicted octanol–water partition coefficient (Wildman–Crippen LogP) is 2.14. The topological polar surface area (TPSA) is 53.7 Å². The molecule has 1 atom stereocenters. The van der Waals surface area contributed by atoms with Gasteiger partial charge in [0.15, 0.2) is 0 Å². The summed E-state index contributed by atoms with van der Waals surface area (Å²) in [5, 5.41) is 0. The summed E-state index contributed by atoms with van der Waals surface area (Å²) in [4.78, 5) is 0. The number of hydrogen-bond acceptors (Lipinski definition) is 4. The highest BCUT2D eigenvalue weighted by Crippen LogP contribution is 2.28. The van der Waals surface area contributed by atoms with Gasteiger partial charge in [-0.3, -0.25) is 0 Å². The number of benzene rings is 1. The Hall–Kier alpha value is -1.26. The minimum Gasteiger partial charge on any atom is -0.497 e. The molecular formula is C15H23NO3. The summed E-state index contributed by atoms with van der Waals surface area (Å²) >= 11 is 0. The average molecular weight is 265 g/mol. The van der Waals surface area contributed by atoms with E-state index in [-0.39, 0.29) is 12.1 Å². The maximum absolute atomic E-state index is 6.11. The molecule has 1 aliphatic rings. The molecule has 0 amide bonds. The maximum atomic E-state index is 6.11. The summed E-state index contributed by atoms with van der Waals surface area (Å²) < 4.78 is 16.7. The quantitative estimate of drug-likeness (QED) is 0.886. The summed E-state index contributed by atoms with van der Waals surface area (Å²) in [5.41, 5.74) is 7.03. The van der Waals surface area contributed by atoms with Gasteiger partial charge in [-0.25, -0.2) is 0 Å². The second-order valence-electron chi connectivity index (χ2n) is 5.08. The Kier molecular flexibility index (Phi) is 5.05. The summed E-state index contributed by atoms with van der Waals surface area (Å²) in [6.45, 7) is 3.55. The van der Waals surface area contributed by atoms with Crippen LogP contribution in [0.5, 0.6) is 11.5 Å². The number of ether oxygens (including phenoxy) is 3. The van der Waals surface area contributed by atoms with Crippen LogP contribution in [0, 0.1) is 0 Å². The van der Waals surface area contributed by atoms with Gasteiger partial charge in [-0.1, -0.05) is 6.07 Å². The van der Waals surface area contributed by atoms with Crippen molar-refractivity contribution in [1.82, 2.24) is 0 Å². The average Bonchev–Trinajstić information content (AvgIpc) is 2.41. The third-order valence-corrected chi connectivity index (χ3v) is 3.28. The van der Waals surface area contributed by atoms with Crippen LogP contribution in [0.25, 0.3) is 0 Å². The Bertz CT molecular complexity index is 400. The van der Waals surface area contributed by atoms with Crippen LogP contribution in [-0.2, 0) is 11.2 Å². The Morgan fingerprint density at radius 1 is 1.37 bits per heavy atom. The van der Waals surface area contributed by atoms with E-state index in [1.165, 1.54) is 0 Å². The van der Waals surface area contributed by atoms with E-state index in [2.05, 4.69) is 0 Å². The maximum Gasteiger partial charge on any atom is 0.126 e. The third kappa shape index (κ3) is 4.11. The first-order valence-corrected chi connectivity index (χ1v) is 6.86. The van der Waals surface area contributed by atoms with Gasteiger partial charge in [-0.15, -0.1) is 0 Å². The molecule has 2 N–H and O–H groups in total. The highest BCUT2D eigenvalue weighted by atomic mass is 16.5. The fraction of sp³-hybridized carbons (Fsp3) is 0.600. The first kappa shape index (κ1) is 14.2. The van der Waals surface area contributed by atoms with Crippen LogP contribution in [0.15, 0.2) is 18.2 Å². The normalized spacial score (nSPS) is 18.1. The summed E-state index contributed by atoms with van der Waals surface area (Å²) in [5.74, 6) is 1.71. The number of nitrogens with two attached hydrogens (primary N) is 1. The molecule has 1 fully saturated rings. The molecule has 0 bridgehead atoms. The lowest BCUT2D eigenvalue weighted by Gasteiger charge is -2.25. The molecule has 19 heavy (non-hydrogen) atoms. The van der Waals surface area contributed by atoms with Gasteiger partial charge in [0.25, 0.3) is 0 Å². The van der Waals surface area contributed by atoms with Crippen molar-refractivity contribution in [2.45, 2.75) is 38.3 Å². The highest BCUT2D eigenvalue weighted by Gasteiger charge is 2.17. The van der Waals surface area contributed by atoms with Crippen molar-refractivity contribution in [3.63, 3.8) is 0 Å². The second-order valence-corrected chi connectivity index (χ2v) is 5.08. The fourth-order valence-corrected chi connectivity index (χ4v) is 2.26. The number of methoxy groups -OCH3 is 1. The van der Waals surface area contributed by atoms with Crippen molar-refractivity contribution in [1.29, 1.82) is 0 Å². The Morgan fingerprint density at radius 2 is 2.11 bits per heavy atom. The molecule has 1 aromatic carbocycles. The smallest absolute Gasteiger partial charge is 0.126 e. The van der Waals surface area contributed by atoms with Crippen molar-refractivity contribution >= 4 is 0 Å². The molecule has 0 aromatic heterocycles. The van der Waals surface area contributed by atoms with Crippen LogP contribution < -0.4 is 15.2 Å². The van der Waals surface area contributed by atoms with E-state index < -0.39 is 0 Å². The number of rotatable bonds is 5.